The number of carbonyl (C=O) groups is 1. The van der Waals surface area contributed by atoms with E-state index in [0.29, 0.717) is 12.1 Å². The van der Waals surface area contributed by atoms with Gasteiger partial charge in [-0.3, -0.25) is 4.79 Å². The first-order chi connectivity index (χ1) is 10.3. The number of rotatable bonds is 7. The van der Waals surface area contributed by atoms with Crippen molar-refractivity contribution in [3.05, 3.63) is 35.4 Å². The molecule has 0 fully saturated rings. The van der Waals surface area contributed by atoms with Crippen molar-refractivity contribution in [2.75, 3.05) is 13.2 Å². The standard InChI is InChI=1S/C16H22F3NO2/c1-3-15(4-2,11-21)10-20-14(22)9-12-5-7-13(8-6-12)16(17,18)19/h5-8,21H,3-4,9-11H2,1-2H3,(H,20,22). The molecule has 0 spiro atoms. The first-order valence-corrected chi connectivity index (χ1v) is 7.30. The van der Waals surface area contributed by atoms with Crippen molar-refractivity contribution in [3.8, 4) is 0 Å². The fourth-order valence-electron chi connectivity index (χ4n) is 2.13. The van der Waals surface area contributed by atoms with Crippen LogP contribution in [0.5, 0.6) is 0 Å². The second kappa shape index (κ2) is 7.63. The minimum Gasteiger partial charge on any atom is -0.396 e. The summed E-state index contributed by atoms with van der Waals surface area (Å²) in [5.41, 5.74) is -0.545. The third-order valence-corrected chi connectivity index (χ3v) is 4.14. The van der Waals surface area contributed by atoms with Gasteiger partial charge in [-0.1, -0.05) is 26.0 Å². The van der Waals surface area contributed by atoms with Crippen molar-refractivity contribution in [3.63, 3.8) is 0 Å². The zero-order valence-corrected chi connectivity index (χ0v) is 12.8. The van der Waals surface area contributed by atoms with E-state index in [0.717, 1.165) is 25.0 Å². The summed E-state index contributed by atoms with van der Waals surface area (Å²) < 4.78 is 37.3. The van der Waals surface area contributed by atoms with Gasteiger partial charge in [-0.25, -0.2) is 0 Å². The fourth-order valence-corrected chi connectivity index (χ4v) is 2.13. The minimum absolute atomic E-state index is 0.0133. The van der Waals surface area contributed by atoms with Gasteiger partial charge in [0.15, 0.2) is 0 Å². The summed E-state index contributed by atoms with van der Waals surface area (Å²) in [6, 6.07) is 4.56. The molecule has 1 rings (SSSR count). The molecule has 0 bridgehead atoms. The topological polar surface area (TPSA) is 49.3 Å². The fraction of sp³-hybridized carbons (Fsp3) is 0.562. The zero-order chi connectivity index (χ0) is 16.8. The molecule has 2 N–H and O–H groups in total. The molecule has 0 heterocycles. The molecule has 6 heteroatoms. The SMILES string of the molecule is CCC(CC)(CO)CNC(=O)Cc1ccc(C(F)(F)F)cc1. The van der Waals surface area contributed by atoms with Crippen LogP contribution in [0.15, 0.2) is 24.3 Å². The normalized spacial score (nSPS) is 12.3. The third kappa shape index (κ3) is 5.02. The van der Waals surface area contributed by atoms with Crippen LogP contribution in [0.4, 0.5) is 13.2 Å². The van der Waals surface area contributed by atoms with Gasteiger partial charge in [0.1, 0.15) is 0 Å². The van der Waals surface area contributed by atoms with Gasteiger partial charge in [0.25, 0.3) is 0 Å². The molecular formula is C16H22F3NO2. The molecular weight excluding hydrogens is 295 g/mol. The van der Waals surface area contributed by atoms with E-state index >= 15 is 0 Å². The largest absolute Gasteiger partial charge is 0.416 e. The lowest BCUT2D eigenvalue weighted by Crippen LogP contribution is -2.39. The summed E-state index contributed by atoms with van der Waals surface area (Å²) in [5, 5.41) is 12.2. The smallest absolute Gasteiger partial charge is 0.396 e. The molecule has 0 aliphatic heterocycles. The summed E-state index contributed by atoms with van der Waals surface area (Å²) in [6.45, 7) is 4.24. The zero-order valence-electron chi connectivity index (χ0n) is 12.8. The van der Waals surface area contributed by atoms with Crippen molar-refractivity contribution >= 4 is 5.91 Å². The summed E-state index contributed by atoms with van der Waals surface area (Å²) in [6.07, 6.45) is -2.88. The van der Waals surface area contributed by atoms with Gasteiger partial charge < -0.3 is 10.4 Å². The Balaban J connectivity index is 2.59. The van der Waals surface area contributed by atoms with Crippen LogP contribution < -0.4 is 5.32 Å². The quantitative estimate of drug-likeness (QED) is 0.811. The van der Waals surface area contributed by atoms with E-state index in [4.69, 9.17) is 0 Å². The maximum absolute atomic E-state index is 12.4. The Morgan fingerprint density at radius 2 is 1.68 bits per heavy atom. The van der Waals surface area contributed by atoms with Crippen LogP contribution in [0.3, 0.4) is 0 Å². The number of aliphatic hydroxyl groups excluding tert-OH is 1. The van der Waals surface area contributed by atoms with Gasteiger partial charge in [-0.05, 0) is 30.5 Å². The van der Waals surface area contributed by atoms with Crippen LogP contribution in [0.2, 0.25) is 0 Å². The van der Waals surface area contributed by atoms with E-state index < -0.39 is 11.7 Å². The van der Waals surface area contributed by atoms with Crippen molar-refractivity contribution < 1.29 is 23.1 Å². The van der Waals surface area contributed by atoms with Crippen molar-refractivity contribution in [2.24, 2.45) is 5.41 Å². The number of nitrogens with one attached hydrogen (secondary N) is 1. The molecule has 1 amide bonds. The summed E-state index contributed by atoms with van der Waals surface area (Å²) in [5.74, 6) is -0.264. The third-order valence-electron chi connectivity index (χ3n) is 4.14. The Morgan fingerprint density at radius 1 is 1.14 bits per heavy atom. The van der Waals surface area contributed by atoms with E-state index in [1.54, 1.807) is 0 Å². The Hall–Kier alpha value is -1.56. The highest BCUT2D eigenvalue weighted by Gasteiger charge is 2.30. The van der Waals surface area contributed by atoms with Crippen LogP contribution in [0.1, 0.15) is 37.8 Å². The van der Waals surface area contributed by atoms with Gasteiger partial charge >= 0.3 is 6.18 Å². The van der Waals surface area contributed by atoms with Gasteiger partial charge in [-0.15, -0.1) is 0 Å². The highest BCUT2D eigenvalue weighted by molar-refractivity contribution is 5.78. The van der Waals surface area contributed by atoms with Crippen LogP contribution >= 0.6 is 0 Å². The number of hydrogen-bond acceptors (Lipinski definition) is 2. The van der Waals surface area contributed by atoms with Gasteiger partial charge in [0, 0.05) is 12.0 Å². The average molecular weight is 317 g/mol. The molecule has 1 aromatic rings. The Kier molecular flexibility index (Phi) is 6.41. The molecule has 0 radical (unpaired) electrons. The van der Waals surface area contributed by atoms with E-state index in [2.05, 4.69) is 5.32 Å². The Bertz CT molecular complexity index is 471. The van der Waals surface area contributed by atoms with Crippen molar-refractivity contribution in [1.29, 1.82) is 0 Å². The van der Waals surface area contributed by atoms with E-state index in [1.807, 2.05) is 13.8 Å². The molecule has 3 nitrogen and oxygen atoms in total. The number of hydrogen-bond donors (Lipinski definition) is 2. The lowest BCUT2D eigenvalue weighted by Gasteiger charge is -2.29. The number of benzene rings is 1. The monoisotopic (exact) mass is 317 g/mol. The van der Waals surface area contributed by atoms with Crippen molar-refractivity contribution in [1.82, 2.24) is 5.32 Å². The molecule has 1 aromatic carbocycles. The average Bonchev–Trinajstić information content (AvgIpc) is 2.49. The number of alkyl halides is 3. The first-order valence-electron chi connectivity index (χ1n) is 7.30. The van der Waals surface area contributed by atoms with Gasteiger partial charge in [-0.2, -0.15) is 13.2 Å². The summed E-state index contributed by atoms with van der Waals surface area (Å²) in [7, 11) is 0. The molecule has 0 saturated carbocycles. The second-order valence-electron chi connectivity index (χ2n) is 5.51. The van der Waals surface area contributed by atoms with E-state index in [9.17, 15) is 23.1 Å². The van der Waals surface area contributed by atoms with Crippen LogP contribution in [-0.4, -0.2) is 24.2 Å². The molecule has 0 saturated heterocycles. The highest BCUT2D eigenvalue weighted by atomic mass is 19.4. The van der Waals surface area contributed by atoms with Crippen molar-refractivity contribution in [2.45, 2.75) is 39.3 Å². The predicted octanol–water partition coefficient (Wildman–Crippen LogP) is 3.16. The first kappa shape index (κ1) is 18.5. The molecule has 0 aliphatic carbocycles. The molecule has 0 aliphatic rings. The van der Waals surface area contributed by atoms with Crippen LogP contribution in [0.25, 0.3) is 0 Å². The maximum Gasteiger partial charge on any atom is 0.416 e. The van der Waals surface area contributed by atoms with Gasteiger partial charge in [0.05, 0.1) is 18.6 Å². The number of halogens is 3. The molecule has 0 atom stereocenters. The highest BCUT2D eigenvalue weighted by Crippen LogP contribution is 2.29. The molecule has 0 unspecified atom stereocenters. The maximum atomic E-state index is 12.4. The number of carbonyl (C=O) groups excluding carboxylic acids is 1. The minimum atomic E-state index is -4.37. The van der Waals surface area contributed by atoms with E-state index in [1.165, 1.54) is 12.1 Å². The number of amides is 1. The second-order valence-corrected chi connectivity index (χ2v) is 5.51. The molecule has 0 aromatic heterocycles. The van der Waals surface area contributed by atoms with Crippen LogP contribution in [-0.2, 0) is 17.4 Å². The van der Waals surface area contributed by atoms with Crippen LogP contribution in [0, 0.1) is 5.41 Å². The lowest BCUT2D eigenvalue weighted by atomic mass is 9.83. The van der Waals surface area contributed by atoms with E-state index in [-0.39, 0.29) is 24.3 Å². The molecule has 124 valence electrons. The lowest BCUT2D eigenvalue weighted by molar-refractivity contribution is -0.137. The Labute approximate surface area is 128 Å². The Morgan fingerprint density at radius 3 is 2.09 bits per heavy atom. The van der Waals surface area contributed by atoms with Gasteiger partial charge in [0.2, 0.25) is 5.91 Å². The number of aliphatic hydroxyl groups is 1. The molecule has 22 heavy (non-hydrogen) atoms. The summed E-state index contributed by atoms with van der Waals surface area (Å²) >= 11 is 0. The predicted molar refractivity (Wildman–Crippen MR) is 78.3 cm³/mol. The summed E-state index contributed by atoms with van der Waals surface area (Å²) in [4.78, 5) is 11.9.